The first-order valence-corrected chi connectivity index (χ1v) is 8.26. The van der Waals surface area contributed by atoms with Gasteiger partial charge in [-0.2, -0.15) is 0 Å². The second-order valence-corrected chi connectivity index (χ2v) is 6.93. The summed E-state index contributed by atoms with van der Waals surface area (Å²) in [5.74, 6) is -2.85. The van der Waals surface area contributed by atoms with E-state index in [4.69, 9.17) is 0 Å². The predicted octanol–water partition coefficient (Wildman–Crippen LogP) is 3.23. The quantitative estimate of drug-likeness (QED) is 0.495. The van der Waals surface area contributed by atoms with Crippen LogP contribution >= 0.6 is 0 Å². The molecule has 0 heterocycles. The Hall–Kier alpha value is -2.70. The number of nitrogens with one attached hydrogen (secondary N) is 1. The fraction of sp³-hybridized carbons (Fsp3) is 0.444. The van der Waals surface area contributed by atoms with E-state index in [-0.39, 0.29) is 23.4 Å². The van der Waals surface area contributed by atoms with Gasteiger partial charge in [-0.25, -0.2) is 0 Å². The molecule has 25 heavy (non-hydrogen) atoms. The van der Waals surface area contributed by atoms with Crippen LogP contribution in [0, 0.1) is 33.8 Å². The number of carbonyl (C=O) groups is 2. The van der Waals surface area contributed by atoms with Crippen LogP contribution in [0.15, 0.2) is 35.4 Å². The maximum Gasteiger partial charge on any atom is 0.307 e. The lowest BCUT2D eigenvalue weighted by Crippen LogP contribution is -2.37. The molecule has 0 radical (unpaired) electrons. The van der Waals surface area contributed by atoms with E-state index in [1.165, 1.54) is 18.2 Å². The summed E-state index contributed by atoms with van der Waals surface area (Å²) in [5, 5.41) is 23.2. The summed E-state index contributed by atoms with van der Waals surface area (Å²) in [6.45, 7) is 3.92. The Morgan fingerprint density at radius 3 is 2.40 bits per heavy atom. The van der Waals surface area contributed by atoms with Crippen molar-refractivity contribution < 1.29 is 19.6 Å². The van der Waals surface area contributed by atoms with E-state index in [9.17, 15) is 24.8 Å². The number of carbonyl (C=O) groups excluding carboxylic acids is 1. The number of nitro groups is 1. The maximum absolute atomic E-state index is 12.8. The van der Waals surface area contributed by atoms with E-state index in [1.54, 1.807) is 6.07 Å². The predicted molar refractivity (Wildman–Crippen MR) is 90.9 cm³/mol. The van der Waals surface area contributed by atoms with Crippen molar-refractivity contribution in [2.75, 3.05) is 5.32 Å². The third kappa shape index (κ3) is 2.90. The van der Waals surface area contributed by atoms with Crippen molar-refractivity contribution in [3.05, 3.63) is 45.5 Å². The van der Waals surface area contributed by atoms with Crippen LogP contribution in [0.4, 0.5) is 11.4 Å². The molecule has 0 aromatic heterocycles. The van der Waals surface area contributed by atoms with Crippen LogP contribution in [0.3, 0.4) is 0 Å². The van der Waals surface area contributed by atoms with Crippen LogP contribution in [0.2, 0.25) is 0 Å². The molecular weight excluding hydrogens is 324 g/mol. The Bertz CT molecular complexity index is 781. The molecule has 2 saturated carbocycles. The molecule has 2 aliphatic rings. The molecule has 2 bridgehead atoms. The molecular formula is C18H20N2O5. The number of nitro benzene ring substituents is 1. The summed E-state index contributed by atoms with van der Waals surface area (Å²) < 4.78 is 0. The zero-order valence-corrected chi connectivity index (χ0v) is 14.1. The van der Waals surface area contributed by atoms with Crippen molar-refractivity contribution in [2.45, 2.75) is 26.7 Å². The first-order valence-electron chi connectivity index (χ1n) is 8.26. The first-order chi connectivity index (χ1) is 11.8. The molecule has 2 fully saturated rings. The van der Waals surface area contributed by atoms with Crippen molar-refractivity contribution in [3.63, 3.8) is 0 Å². The van der Waals surface area contributed by atoms with Gasteiger partial charge >= 0.3 is 5.97 Å². The number of non-ortho nitro benzene ring substituents is 1. The van der Waals surface area contributed by atoms with Gasteiger partial charge in [0.05, 0.1) is 16.8 Å². The van der Waals surface area contributed by atoms with E-state index in [2.05, 4.69) is 5.32 Å². The number of amides is 1. The van der Waals surface area contributed by atoms with Crippen molar-refractivity contribution in [2.24, 2.45) is 23.7 Å². The number of benzene rings is 1. The van der Waals surface area contributed by atoms with Gasteiger partial charge in [0.15, 0.2) is 0 Å². The molecule has 7 heteroatoms. The van der Waals surface area contributed by atoms with Gasteiger partial charge in [0.2, 0.25) is 5.91 Å². The van der Waals surface area contributed by atoms with Crippen molar-refractivity contribution >= 4 is 23.3 Å². The van der Waals surface area contributed by atoms with Gasteiger partial charge in [0.25, 0.3) is 5.69 Å². The molecule has 7 nitrogen and oxygen atoms in total. The SMILES string of the molecule is CC(C)=C1[C@@H]2CC[C@@H]1[C@@H](C(=O)Nc1cccc([N+](=O)[O-])c1)[C@H]2C(=O)O. The molecule has 1 amide bonds. The van der Waals surface area contributed by atoms with Gasteiger partial charge in [0.1, 0.15) is 0 Å². The Morgan fingerprint density at radius 2 is 1.84 bits per heavy atom. The first kappa shape index (κ1) is 17.1. The lowest BCUT2D eigenvalue weighted by molar-refractivity contribution is -0.384. The van der Waals surface area contributed by atoms with Crippen LogP contribution in [-0.2, 0) is 9.59 Å². The summed E-state index contributed by atoms with van der Waals surface area (Å²) >= 11 is 0. The Kier molecular flexibility index (Phi) is 4.32. The Morgan fingerprint density at radius 1 is 1.20 bits per heavy atom. The van der Waals surface area contributed by atoms with Gasteiger partial charge in [-0.3, -0.25) is 19.7 Å². The second-order valence-electron chi connectivity index (χ2n) is 6.93. The number of allylic oxidation sites excluding steroid dienone is 2. The number of hydrogen-bond acceptors (Lipinski definition) is 4. The number of aliphatic carboxylic acids is 1. The minimum atomic E-state index is -0.954. The van der Waals surface area contributed by atoms with Crippen molar-refractivity contribution in [1.82, 2.24) is 0 Å². The summed E-state index contributed by atoms with van der Waals surface area (Å²) in [6.07, 6.45) is 1.60. The molecule has 0 unspecified atom stereocenters. The van der Waals surface area contributed by atoms with Gasteiger partial charge in [-0.1, -0.05) is 17.2 Å². The Balaban J connectivity index is 1.88. The molecule has 1 aromatic carbocycles. The number of nitrogens with zero attached hydrogens (tertiary/aromatic N) is 1. The molecule has 2 N–H and O–H groups in total. The molecule has 0 spiro atoms. The van der Waals surface area contributed by atoms with Gasteiger partial charge < -0.3 is 10.4 Å². The number of carboxylic acids is 1. The molecule has 2 aliphatic carbocycles. The molecule has 3 rings (SSSR count). The smallest absolute Gasteiger partial charge is 0.307 e. The zero-order valence-electron chi connectivity index (χ0n) is 14.1. The highest BCUT2D eigenvalue weighted by Crippen LogP contribution is 2.57. The molecule has 132 valence electrons. The van der Waals surface area contributed by atoms with E-state index in [0.29, 0.717) is 5.69 Å². The van der Waals surface area contributed by atoms with E-state index in [1.807, 2.05) is 13.8 Å². The third-order valence-corrected chi connectivity index (χ3v) is 5.33. The highest BCUT2D eigenvalue weighted by atomic mass is 16.6. The number of hydrogen-bond donors (Lipinski definition) is 2. The van der Waals surface area contributed by atoms with Crippen LogP contribution in [0.1, 0.15) is 26.7 Å². The topological polar surface area (TPSA) is 110 Å². The minimum Gasteiger partial charge on any atom is -0.481 e. The van der Waals surface area contributed by atoms with Crippen molar-refractivity contribution in [1.29, 1.82) is 0 Å². The van der Waals surface area contributed by atoms with Crippen LogP contribution in [0.25, 0.3) is 0 Å². The monoisotopic (exact) mass is 344 g/mol. The van der Waals surface area contributed by atoms with Gasteiger partial charge in [-0.15, -0.1) is 0 Å². The molecule has 0 aliphatic heterocycles. The highest BCUT2D eigenvalue weighted by molar-refractivity contribution is 5.97. The lowest BCUT2D eigenvalue weighted by Gasteiger charge is -2.26. The standard InChI is InChI=1S/C18H20N2O5/c1-9(2)14-12-6-7-13(14)16(18(22)23)15(12)17(21)19-10-4-3-5-11(8-10)20(24)25/h3-5,8,12-13,15-16H,6-7H2,1-2H3,(H,19,21)(H,22,23)/t12-,13-,15+,16-/m0/s1. The van der Waals surface area contributed by atoms with E-state index < -0.39 is 22.7 Å². The summed E-state index contributed by atoms with van der Waals surface area (Å²) in [5.41, 5.74) is 2.38. The Labute approximate surface area is 144 Å². The average molecular weight is 344 g/mol. The third-order valence-electron chi connectivity index (χ3n) is 5.33. The minimum absolute atomic E-state index is 0.0604. The lowest BCUT2D eigenvalue weighted by atomic mass is 9.78. The fourth-order valence-electron chi connectivity index (χ4n) is 4.53. The summed E-state index contributed by atoms with van der Waals surface area (Å²) in [4.78, 5) is 34.9. The second kappa shape index (κ2) is 6.31. The van der Waals surface area contributed by atoms with Gasteiger partial charge in [0, 0.05) is 17.8 Å². The van der Waals surface area contributed by atoms with Crippen LogP contribution < -0.4 is 5.32 Å². The van der Waals surface area contributed by atoms with Crippen molar-refractivity contribution in [3.8, 4) is 0 Å². The largest absolute Gasteiger partial charge is 0.481 e. The van der Waals surface area contributed by atoms with E-state index >= 15 is 0 Å². The van der Waals surface area contributed by atoms with Crippen LogP contribution in [-0.4, -0.2) is 21.9 Å². The highest BCUT2D eigenvalue weighted by Gasteiger charge is 2.57. The number of fused-ring (bicyclic) bond motifs is 2. The normalized spacial score (nSPS) is 27.2. The van der Waals surface area contributed by atoms with Crippen LogP contribution in [0.5, 0.6) is 0 Å². The summed E-state index contributed by atoms with van der Waals surface area (Å²) in [6, 6.07) is 5.68. The molecule has 0 saturated heterocycles. The molecule has 4 atom stereocenters. The molecule has 1 aromatic rings. The van der Waals surface area contributed by atoms with E-state index in [0.717, 1.165) is 24.0 Å². The van der Waals surface area contributed by atoms with Gasteiger partial charge in [-0.05, 0) is 44.6 Å². The zero-order chi connectivity index (χ0) is 18.3. The summed E-state index contributed by atoms with van der Waals surface area (Å²) in [7, 11) is 0. The number of carboxylic acid groups (broad SMARTS) is 1. The average Bonchev–Trinajstić information content (AvgIpc) is 3.11. The number of anilines is 1. The number of rotatable bonds is 4. The maximum atomic E-state index is 12.8. The fourth-order valence-corrected chi connectivity index (χ4v) is 4.53.